The molecule has 0 fully saturated rings. The van der Waals surface area contributed by atoms with E-state index in [-0.39, 0.29) is 0 Å². The van der Waals surface area contributed by atoms with E-state index in [1.807, 2.05) is 0 Å². The highest BCUT2D eigenvalue weighted by Crippen LogP contribution is 2.21. The zero-order chi connectivity index (χ0) is 9.84. The fraction of sp³-hybridized carbons (Fsp3) is 0.250. The minimum Gasteiger partial charge on any atom is -0.495 e. The fourth-order valence-corrected chi connectivity index (χ4v) is 0.951. The van der Waals surface area contributed by atoms with E-state index < -0.39 is 12.0 Å². The Morgan fingerprint density at radius 1 is 1.77 bits per heavy atom. The van der Waals surface area contributed by atoms with E-state index in [1.165, 1.54) is 25.6 Å². The van der Waals surface area contributed by atoms with Crippen LogP contribution in [0.2, 0.25) is 0 Å². The highest BCUT2D eigenvalue weighted by molar-refractivity contribution is 5.76. The molecule has 0 radical (unpaired) electrons. The molecule has 0 aliphatic rings. The second-order valence-electron chi connectivity index (χ2n) is 2.43. The lowest BCUT2D eigenvalue weighted by molar-refractivity contribution is -0.138. The standard InChI is InChI=1S/C8H10N2O3/c1-13-6-4-10-3-2-5(6)7(9)8(11)12/h2-4,7H,9H2,1H3,(H,11,12). The van der Waals surface area contributed by atoms with E-state index in [9.17, 15) is 4.79 Å². The van der Waals surface area contributed by atoms with Gasteiger partial charge in [-0.1, -0.05) is 0 Å². The van der Waals surface area contributed by atoms with Crippen LogP contribution in [0.5, 0.6) is 5.75 Å². The van der Waals surface area contributed by atoms with Crippen LogP contribution in [0.15, 0.2) is 18.5 Å². The van der Waals surface area contributed by atoms with Gasteiger partial charge < -0.3 is 15.6 Å². The Hall–Kier alpha value is -1.62. The van der Waals surface area contributed by atoms with Crippen LogP contribution in [0.1, 0.15) is 11.6 Å². The average molecular weight is 182 g/mol. The largest absolute Gasteiger partial charge is 0.495 e. The summed E-state index contributed by atoms with van der Waals surface area (Å²) in [6.07, 6.45) is 2.90. The third-order valence-electron chi connectivity index (χ3n) is 1.64. The summed E-state index contributed by atoms with van der Waals surface area (Å²) in [5.41, 5.74) is 5.83. The van der Waals surface area contributed by atoms with E-state index in [1.54, 1.807) is 0 Å². The lowest BCUT2D eigenvalue weighted by Crippen LogP contribution is -2.21. The lowest BCUT2D eigenvalue weighted by Gasteiger charge is -2.10. The molecule has 13 heavy (non-hydrogen) atoms. The number of methoxy groups -OCH3 is 1. The molecule has 1 rings (SSSR count). The summed E-state index contributed by atoms with van der Waals surface area (Å²) >= 11 is 0. The maximum atomic E-state index is 10.6. The molecule has 1 unspecified atom stereocenters. The maximum absolute atomic E-state index is 10.6. The van der Waals surface area contributed by atoms with Crippen molar-refractivity contribution in [1.82, 2.24) is 4.98 Å². The molecule has 0 saturated heterocycles. The average Bonchev–Trinajstić information content (AvgIpc) is 2.16. The van der Waals surface area contributed by atoms with E-state index in [4.69, 9.17) is 15.6 Å². The van der Waals surface area contributed by atoms with Crippen LogP contribution >= 0.6 is 0 Å². The number of carbonyl (C=O) groups is 1. The Balaban J connectivity index is 3.05. The number of ether oxygens (including phenoxy) is 1. The number of aromatic nitrogens is 1. The van der Waals surface area contributed by atoms with Crippen molar-refractivity contribution in [1.29, 1.82) is 0 Å². The number of hydrogen-bond acceptors (Lipinski definition) is 4. The second-order valence-corrected chi connectivity index (χ2v) is 2.43. The van der Waals surface area contributed by atoms with Gasteiger partial charge >= 0.3 is 5.97 Å². The van der Waals surface area contributed by atoms with Crippen LogP contribution < -0.4 is 10.5 Å². The van der Waals surface area contributed by atoms with Gasteiger partial charge in [-0.15, -0.1) is 0 Å². The molecule has 1 heterocycles. The normalized spacial score (nSPS) is 12.2. The van der Waals surface area contributed by atoms with Crippen molar-refractivity contribution >= 4 is 5.97 Å². The first kappa shape index (κ1) is 9.47. The number of nitrogens with two attached hydrogens (primary N) is 1. The molecule has 3 N–H and O–H groups in total. The first-order valence-electron chi connectivity index (χ1n) is 3.63. The van der Waals surface area contributed by atoms with Gasteiger partial charge in [-0.3, -0.25) is 9.78 Å². The maximum Gasteiger partial charge on any atom is 0.325 e. The van der Waals surface area contributed by atoms with Gasteiger partial charge in [-0.2, -0.15) is 0 Å². The fourth-order valence-electron chi connectivity index (χ4n) is 0.951. The summed E-state index contributed by atoms with van der Waals surface area (Å²) < 4.78 is 4.91. The topological polar surface area (TPSA) is 85.4 Å². The zero-order valence-corrected chi connectivity index (χ0v) is 7.10. The van der Waals surface area contributed by atoms with E-state index in [0.29, 0.717) is 11.3 Å². The molecule has 0 aliphatic heterocycles. The minimum atomic E-state index is -1.09. The molecule has 1 atom stereocenters. The van der Waals surface area contributed by atoms with Crippen molar-refractivity contribution in [2.24, 2.45) is 5.73 Å². The van der Waals surface area contributed by atoms with Crippen LogP contribution in [-0.2, 0) is 4.79 Å². The monoisotopic (exact) mass is 182 g/mol. The smallest absolute Gasteiger partial charge is 0.325 e. The highest BCUT2D eigenvalue weighted by atomic mass is 16.5. The van der Waals surface area contributed by atoms with E-state index in [0.717, 1.165) is 0 Å². The van der Waals surface area contributed by atoms with Gasteiger partial charge in [0.2, 0.25) is 0 Å². The van der Waals surface area contributed by atoms with E-state index >= 15 is 0 Å². The van der Waals surface area contributed by atoms with Crippen LogP contribution in [0.3, 0.4) is 0 Å². The SMILES string of the molecule is COc1cnccc1C(N)C(=O)O. The molecular formula is C8H10N2O3. The first-order valence-corrected chi connectivity index (χ1v) is 3.63. The molecule has 1 aromatic rings. The number of carboxylic acid groups (broad SMARTS) is 1. The van der Waals surface area contributed by atoms with E-state index in [2.05, 4.69) is 4.98 Å². The number of hydrogen-bond donors (Lipinski definition) is 2. The number of pyridine rings is 1. The van der Waals surface area contributed by atoms with Crippen molar-refractivity contribution < 1.29 is 14.6 Å². The zero-order valence-electron chi connectivity index (χ0n) is 7.10. The lowest BCUT2D eigenvalue weighted by atomic mass is 10.1. The van der Waals surface area contributed by atoms with Gasteiger partial charge in [0.05, 0.1) is 13.3 Å². The Bertz CT molecular complexity index is 314. The predicted octanol–water partition coefficient (Wildman–Crippen LogP) is 0.175. The van der Waals surface area contributed by atoms with Gasteiger partial charge in [0.15, 0.2) is 0 Å². The van der Waals surface area contributed by atoms with Gasteiger partial charge in [0.1, 0.15) is 11.8 Å². The molecule has 0 spiro atoms. The van der Waals surface area contributed by atoms with Gasteiger partial charge in [-0.05, 0) is 6.07 Å². The summed E-state index contributed by atoms with van der Waals surface area (Å²) in [6.45, 7) is 0. The number of rotatable bonds is 3. The summed E-state index contributed by atoms with van der Waals surface area (Å²) in [4.78, 5) is 14.4. The third-order valence-corrected chi connectivity index (χ3v) is 1.64. The van der Waals surface area contributed by atoms with Crippen molar-refractivity contribution in [3.05, 3.63) is 24.0 Å². The van der Waals surface area contributed by atoms with Crippen LogP contribution in [0.4, 0.5) is 0 Å². The van der Waals surface area contributed by atoms with Crippen LogP contribution in [-0.4, -0.2) is 23.2 Å². The first-order chi connectivity index (χ1) is 6.16. The highest BCUT2D eigenvalue weighted by Gasteiger charge is 2.18. The van der Waals surface area contributed by atoms with Gasteiger partial charge in [0.25, 0.3) is 0 Å². The molecule has 0 amide bonds. The molecule has 5 nitrogen and oxygen atoms in total. The molecule has 1 aromatic heterocycles. The Morgan fingerprint density at radius 3 is 3.00 bits per heavy atom. The van der Waals surface area contributed by atoms with Crippen molar-refractivity contribution in [3.8, 4) is 5.75 Å². The van der Waals surface area contributed by atoms with Crippen molar-refractivity contribution in [3.63, 3.8) is 0 Å². The second kappa shape index (κ2) is 3.86. The Labute approximate surface area is 75.2 Å². The van der Waals surface area contributed by atoms with Crippen LogP contribution in [0, 0.1) is 0 Å². The molecular weight excluding hydrogens is 172 g/mol. The number of aliphatic carboxylic acids is 1. The summed E-state index contributed by atoms with van der Waals surface area (Å²) in [7, 11) is 1.44. The van der Waals surface area contributed by atoms with Crippen molar-refractivity contribution in [2.45, 2.75) is 6.04 Å². The molecule has 0 bridgehead atoms. The summed E-state index contributed by atoms with van der Waals surface area (Å²) in [5.74, 6) is -0.707. The molecule has 0 aromatic carbocycles. The Kier molecular flexibility index (Phi) is 2.81. The van der Waals surface area contributed by atoms with Gasteiger partial charge in [-0.25, -0.2) is 0 Å². The number of nitrogens with zero attached hydrogens (tertiary/aromatic N) is 1. The molecule has 0 saturated carbocycles. The summed E-state index contributed by atoms with van der Waals surface area (Å²) in [5, 5.41) is 8.65. The summed E-state index contributed by atoms with van der Waals surface area (Å²) in [6, 6.07) is 0.454. The number of carboxylic acids is 1. The third kappa shape index (κ3) is 1.94. The predicted molar refractivity (Wildman–Crippen MR) is 45.4 cm³/mol. The van der Waals surface area contributed by atoms with Crippen LogP contribution in [0.25, 0.3) is 0 Å². The van der Waals surface area contributed by atoms with Crippen molar-refractivity contribution in [2.75, 3.05) is 7.11 Å². The molecule has 70 valence electrons. The molecule has 5 heteroatoms. The molecule has 0 aliphatic carbocycles. The quantitative estimate of drug-likeness (QED) is 0.696. The minimum absolute atomic E-state index is 0.386. The van der Waals surface area contributed by atoms with Gasteiger partial charge in [0, 0.05) is 11.8 Å². The Morgan fingerprint density at radius 2 is 2.46 bits per heavy atom.